The van der Waals surface area contributed by atoms with Crippen LogP contribution in [0.4, 0.5) is 0 Å². The second-order valence-corrected chi connectivity index (χ2v) is 6.32. The minimum absolute atomic E-state index is 0.0124. The van der Waals surface area contributed by atoms with Crippen molar-refractivity contribution in [3.05, 3.63) is 71.3 Å². The Kier molecular flexibility index (Phi) is 6.23. The molecule has 4 N–H and O–H groups in total. The van der Waals surface area contributed by atoms with E-state index in [1.165, 1.54) is 11.8 Å². The number of hydrogen-bond donors (Lipinski definition) is 3. The van der Waals surface area contributed by atoms with Crippen LogP contribution in [0.5, 0.6) is 0 Å². The van der Waals surface area contributed by atoms with Gasteiger partial charge in [-0.15, -0.1) is 0 Å². The van der Waals surface area contributed by atoms with Gasteiger partial charge in [0.1, 0.15) is 0 Å². The topological polar surface area (TPSA) is 79.0 Å². The summed E-state index contributed by atoms with van der Waals surface area (Å²) in [5.74, 6) is 0.592. The Morgan fingerprint density at radius 3 is 2.39 bits per heavy atom. The molecule has 120 valence electrons. The number of amides is 1. The van der Waals surface area contributed by atoms with Crippen LogP contribution < -0.4 is 11.1 Å². The van der Waals surface area contributed by atoms with Crippen molar-refractivity contribution in [3.8, 4) is 0 Å². The number of hydrogen-bond acceptors (Lipinski definition) is 3. The van der Waals surface area contributed by atoms with Gasteiger partial charge < -0.3 is 11.1 Å². The molecule has 2 aromatic rings. The summed E-state index contributed by atoms with van der Waals surface area (Å²) in [5.41, 5.74) is 8.48. The third kappa shape index (κ3) is 5.45. The Balaban J connectivity index is 1.99. The number of carbonyl (C=O) groups excluding carboxylic acids is 1. The third-order valence-corrected chi connectivity index (χ3v) is 4.30. The van der Waals surface area contributed by atoms with Crippen LogP contribution in [0.2, 0.25) is 0 Å². The van der Waals surface area contributed by atoms with E-state index >= 15 is 0 Å². The maximum absolute atomic E-state index is 12.3. The van der Waals surface area contributed by atoms with E-state index in [1.54, 1.807) is 0 Å². The number of rotatable bonds is 6. The quantitative estimate of drug-likeness (QED) is 0.563. The molecule has 0 aromatic heterocycles. The van der Waals surface area contributed by atoms with E-state index in [1.807, 2.05) is 61.5 Å². The largest absolute Gasteiger partial charge is 0.379 e. The number of amidine groups is 1. The molecule has 2 aromatic carbocycles. The van der Waals surface area contributed by atoms with Gasteiger partial charge in [0.25, 0.3) is 0 Å². The highest BCUT2D eigenvalue weighted by Crippen LogP contribution is 2.17. The molecule has 1 amide bonds. The molecule has 23 heavy (non-hydrogen) atoms. The zero-order chi connectivity index (χ0) is 16.7. The predicted molar refractivity (Wildman–Crippen MR) is 96.4 cm³/mol. The molecule has 0 spiro atoms. The van der Waals surface area contributed by atoms with Gasteiger partial charge in [0.15, 0.2) is 5.17 Å². The molecule has 0 saturated heterocycles. The first-order valence-electron chi connectivity index (χ1n) is 7.44. The molecule has 1 unspecified atom stereocenters. The maximum atomic E-state index is 12.3. The molecule has 0 radical (unpaired) electrons. The van der Waals surface area contributed by atoms with Crippen molar-refractivity contribution in [1.82, 2.24) is 5.32 Å². The van der Waals surface area contributed by atoms with E-state index in [-0.39, 0.29) is 17.1 Å². The fourth-order valence-electron chi connectivity index (χ4n) is 2.32. The zero-order valence-corrected chi connectivity index (χ0v) is 13.9. The Hall–Kier alpha value is -2.27. The van der Waals surface area contributed by atoms with Crippen molar-refractivity contribution in [2.24, 2.45) is 5.73 Å². The van der Waals surface area contributed by atoms with Crippen LogP contribution in [-0.2, 0) is 17.0 Å². The van der Waals surface area contributed by atoms with Gasteiger partial charge in [0, 0.05) is 5.75 Å². The summed E-state index contributed by atoms with van der Waals surface area (Å²) in [5, 5.41) is 10.4. The van der Waals surface area contributed by atoms with Crippen LogP contribution in [0.1, 0.15) is 29.7 Å². The Morgan fingerprint density at radius 1 is 1.13 bits per heavy atom. The second-order valence-electron chi connectivity index (χ2n) is 5.30. The standard InChI is InChI=1S/C18H21N3OS/c1-13(14-7-3-2-4-8-14)21-17(22)11-15-9-5-6-10-16(15)12-23-18(19)20/h2-10,13H,11-12H2,1H3,(H3,19,20)(H,21,22). The molecule has 2 rings (SSSR count). The smallest absolute Gasteiger partial charge is 0.224 e. The molecule has 0 aliphatic rings. The van der Waals surface area contributed by atoms with Crippen LogP contribution in [-0.4, -0.2) is 11.1 Å². The van der Waals surface area contributed by atoms with Crippen LogP contribution >= 0.6 is 11.8 Å². The van der Waals surface area contributed by atoms with Crippen molar-refractivity contribution in [2.75, 3.05) is 0 Å². The van der Waals surface area contributed by atoms with Crippen molar-refractivity contribution in [2.45, 2.75) is 25.1 Å². The highest BCUT2D eigenvalue weighted by molar-refractivity contribution is 8.13. The SMILES string of the molecule is CC(NC(=O)Cc1ccccc1CSC(=N)N)c1ccccc1. The minimum atomic E-state index is -0.0255. The van der Waals surface area contributed by atoms with Crippen molar-refractivity contribution < 1.29 is 4.79 Å². The summed E-state index contributed by atoms with van der Waals surface area (Å²) in [6, 6.07) is 17.6. The van der Waals surface area contributed by atoms with Gasteiger partial charge in [0.2, 0.25) is 5.91 Å². The van der Waals surface area contributed by atoms with E-state index in [0.29, 0.717) is 12.2 Å². The van der Waals surface area contributed by atoms with Gasteiger partial charge in [-0.1, -0.05) is 66.4 Å². The fourth-order valence-corrected chi connectivity index (χ4v) is 2.91. The molecule has 0 heterocycles. The van der Waals surface area contributed by atoms with Gasteiger partial charge >= 0.3 is 0 Å². The maximum Gasteiger partial charge on any atom is 0.224 e. The van der Waals surface area contributed by atoms with E-state index in [9.17, 15) is 4.79 Å². The van der Waals surface area contributed by atoms with Crippen LogP contribution in [0.25, 0.3) is 0 Å². The fraction of sp³-hybridized carbons (Fsp3) is 0.222. The summed E-state index contributed by atoms with van der Waals surface area (Å²) in [4.78, 5) is 12.3. The molecule has 0 saturated carbocycles. The lowest BCUT2D eigenvalue weighted by Gasteiger charge is -2.15. The lowest BCUT2D eigenvalue weighted by molar-refractivity contribution is -0.121. The third-order valence-electron chi connectivity index (χ3n) is 3.53. The molecular formula is C18H21N3OS. The lowest BCUT2D eigenvalue weighted by atomic mass is 10.0. The van der Waals surface area contributed by atoms with Gasteiger partial charge in [-0.25, -0.2) is 0 Å². The summed E-state index contributed by atoms with van der Waals surface area (Å²) in [6.07, 6.45) is 0.325. The van der Waals surface area contributed by atoms with Crippen molar-refractivity contribution >= 4 is 22.8 Å². The average molecular weight is 327 g/mol. The second kappa shape index (κ2) is 8.39. The molecule has 0 fully saturated rings. The number of nitrogens with two attached hydrogens (primary N) is 1. The first-order chi connectivity index (χ1) is 11.1. The van der Waals surface area contributed by atoms with Crippen LogP contribution in [0, 0.1) is 5.41 Å². The van der Waals surface area contributed by atoms with Gasteiger partial charge in [0.05, 0.1) is 12.5 Å². The summed E-state index contributed by atoms with van der Waals surface area (Å²) < 4.78 is 0. The summed E-state index contributed by atoms with van der Waals surface area (Å²) in [7, 11) is 0. The van der Waals surface area contributed by atoms with E-state index in [0.717, 1.165) is 16.7 Å². The van der Waals surface area contributed by atoms with Gasteiger partial charge in [-0.2, -0.15) is 0 Å². The molecule has 1 atom stereocenters. The molecule has 0 bridgehead atoms. The number of nitrogens with one attached hydrogen (secondary N) is 2. The van der Waals surface area contributed by atoms with Crippen molar-refractivity contribution in [1.29, 1.82) is 5.41 Å². The highest BCUT2D eigenvalue weighted by atomic mass is 32.2. The zero-order valence-electron chi connectivity index (χ0n) is 13.1. The molecule has 0 aliphatic carbocycles. The Labute approximate surface area is 141 Å². The average Bonchev–Trinajstić information content (AvgIpc) is 2.54. The first-order valence-corrected chi connectivity index (χ1v) is 8.42. The van der Waals surface area contributed by atoms with E-state index in [4.69, 9.17) is 11.1 Å². The lowest BCUT2D eigenvalue weighted by Crippen LogP contribution is -2.28. The normalized spacial score (nSPS) is 11.7. The first kappa shape index (κ1) is 17.1. The number of carbonyl (C=O) groups is 1. The number of benzene rings is 2. The van der Waals surface area contributed by atoms with Crippen molar-refractivity contribution in [3.63, 3.8) is 0 Å². The number of thioether (sulfide) groups is 1. The van der Waals surface area contributed by atoms with E-state index in [2.05, 4.69) is 5.32 Å². The van der Waals surface area contributed by atoms with Crippen LogP contribution in [0.15, 0.2) is 54.6 Å². The molecule has 0 aliphatic heterocycles. The van der Waals surface area contributed by atoms with E-state index < -0.39 is 0 Å². The Morgan fingerprint density at radius 2 is 1.74 bits per heavy atom. The van der Waals surface area contributed by atoms with Gasteiger partial charge in [-0.05, 0) is 23.6 Å². The van der Waals surface area contributed by atoms with Gasteiger partial charge in [-0.3, -0.25) is 10.2 Å². The molecule has 4 nitrogen and oxygen atoms in total. The molecule has 5 heteroatoms. The van der Waals surface area contributed by atoms with Crippen LogP contribution in [0.3, 0.4) is 0 Å². The summed E-state index contributed by atoms with van der Waals surface area (Å²) >= 11 is 1.27. The molecular weight excluding hydrogens is 306 g/mol. The monoisotopic (exact) mass is 327 g/mol. The Bertz CT molecular complexity index is 673. The predicted octanol–water partition coefficient (Wildman–Crippen LogP) is 3.23. The minimum Gasteiger partial charge on any atom is -0.379 e. The summed E-state index contributed by atoms with van der Waals surface area (Å²) in [6.45, 7) is 1.98. The highest BCUT2D eigenvalue weighted by Gasteiger charge is 2.12.